The Morgan fingerprint density at radius 3 is 2.40 bits per heavy atom. The summed E-state index contributed by atoms with van der Waals surface area (Å²) in [5, 5.41) is 0. The van der Waals surface area contributed by atoms with E-state index in [0.717, 1.165) is 12.1 Å². The van der Waals surface area contributed by atoms with Gasteiger partial charge >= 0.3 is 0 Å². The van der Waals surface area contributed by atoms with Crippen LogP contribution in [0.1, 0.15) is 0 Å². The summed E-state index contributed by atoms with van der Waals surface area (Å²) in [5.74, 6) is -2.65. The summed E-state index contributed by atoms with van der Waals surface area (Å²) in [5.41, 5.74) is -0.0488. The van der Waals surface area contributed by atoms with E-state index < -0.39 is 17.5 Å². The summed E-state index contributed by atoms with van der Waals surface area (Å²) < 4.78 is 39.5. The highest BCUT2D eigenvalue weighted by molar-refractivity contribution is 5.64. The van der Waals surface area contributed by atoms with Crippen molar-refractivity contribution in [1.29, 1.82) is 0 Å². The normalized spacial score (nSPS) is 10.3. The Kier molecular flexibility index (Phi) is 2.46. The zero-order chi connectivity index (χ0) is 10.8. The minimum atomic E-state index is -1.04. The summed E-state index contributed by atoms with van der Waals surface area (Å²) >= 11 is 0. The third kappa shape index (κ3) is 1.73. The Balaban J connectivity index is 2.65. The molecule has 2 aromatic carbocycles. The molecule has 0 amide bonds. The van der Waals surface area contributed by atoms with E-state index in [0.29, 0.717) is 0 Å². The van der Waals surface area contributed by atoms with Crippen molar-refractivity contribution < 1.29 is 13.2 Å². The van der Waals surface area contributed by atoms with Crippen LogP contribution in [0.5, 0.6) is 0 Å². The highest BCUT2D eigenvalue weighted by Crippen LogP contribution is 2.26. The van der Waals surface area contributed by atoms with E-state index in [2.05, 4.69) is 6.07 Å². The molecular formula is C12H6F3. The standard InChI is InChI=1S/C12H6F3/c13-10-6-2-1-4-8(10)9-5-3-7-11(14)12(9)15/h1,3-7H. The second-order valence-corrected chi connectivity index (χ2v) is 3.01. The number of benzene rings is 2. The van der Waals surface area contributed by atoms with Gasteiger partial charge in [-0.2, -0.15) is 0 Å². The van der Waals surface area contributed by atoms with Gasteiger partial charge in [-0.15, -0.1) is 0 Å². The molecule has 0 saturated heterocycles. The van der Waals surface area contributed by atoms with Gasteiger partial charge in [-0.1, -0.05) is 24.3 Å². The van der Waals surface area contributed by atoms with Crippen LogP contribution in [0.3, 0.4) is 0 Å². The maximum Gasteiger partial charge on any atom is 0.166 e. The lowest BCUT2D eigenvalue weighted by Crippen LogP contribution is -1.91. The molecule has 0 nitrogen and oxygen atoms in total. The number of rotatable bonds is 1. The molecule has 1 radical (unpaired) electrons. The van der Waals surface area contributed by atoms with E-state index in [-0.39, 0.29) is 11.1 Å². The fraction of sp³-hybridized carbons (Fsp3) is 0. The minimum Gasteiger partial charge on any atom is -0.206 e. The van der Waals surface area contributed by atoms with E-state index >= 15 is 0 Å². The van der Waals surface area contributed by atoms with E-state index in [4.69, 9.17) is 0 Å². The molecule has 0 bridgehead atoms. The first-order valence-electron chi connectivity index (χ1n) is 4.30. The smallest absolute Gasteiger partial charge is 0.166 e. The molecule has 0 atom stereocenters. The van der Waals surface area contributed by atoms with Crippen molar-refractivity contribution in [2.45, 2.75) is 0 Å². The van der Waals surface area contributed by atoms with Gasteiger partial charge in [-0.3, -0.25) is 0 Å². The summed E-state index contributed by atoms with van der Waals surface area (Å²) in [7, 11) is 0. The summed E-state index contributed by atoms with van der Waals surface area (Å²) in [4.78, 5) is 0. The zero-order valence-electron chi connectivity index (χ0n) is 7.60. The molecule has 0 spiro atoms. The second-order valence-electron chi connectivity index (χ2n) is 3.01. The highest BCUT2D eigenvalue weighted by atomic mass is 19.2. The first kappa shape index (κ1) is 9.77. The predicted molar refractivity (Wildman–Crippen MR) is 50.6 cm³/mol. The van der Waals surface area contributed by atoms with Crippen LogP contribution in [-0.4, -0.2) is 0 Å². The van der Waals surface area contributed by atoms with Gasteiger partial charge in [0.15, 0.2) is 11.6 Å². The number of hydrogen-bond acceptors (Lipinski definition) is 0. The van der Waals surface area contributed by atoms with E-state index in [9.17, 15) is 13.2 Å². The summed E-state index contributed by atoms with van der Waals surface area (Å²) in [6, 6.07) is 10.1. The molecule has 3 heteroatoms. The van der Waals surface area contributed by atoms with Gasteiger partial charge in [-0.05, 0) is 18.2 Å². The second kappa shape index (κ2) is 3.77. The fourth-order valence-electron chi connectivity index (χ4n) is 1.34. The van der Waals surface area contributed by atoms with Gasteiger partial charge in [0.2, 0.25) is 0 Å². The van der Waals surface area contributed by atoms with Crippen LogP contribution in [0.15, 0.2) is 36.4 Å². The van der Waals surface area contributed by atoms with Crippen LogP contribution >= 0.6 is 0 Å². The van der Waals surface area contributed by atoms with Crippen molar-refractivity contribution in [2.24, 2.45) is 0 Å². The molecule has 0 aromatic heterocycles. The van der Waals surface area contributed by atoms with Crippen molar-refractivity contribution in [3.63, 3.8) is 0 Å². The van der Waals surface area contributed by atoms with Crippen LogP contribution in [0.2, 0.25) is 0 Å². The maximum absolute atomic E-state index is 13.3. The van der Waals surface area contributed by atoms with Crippen LogP contribution < -0.4 is 0 Å². The Bertz CT molecular complexity index is 492. The third-order valence-corrected chi connectivity index (χ3v) is 2.06. The van der Waals surface area contributed by atoms with Gasteiger partial charge in [-0.25, -0.2) is 13.2 Å². The zero-order valence-corrected chi connectivity index (χ0v) is 7.60. The number of hydrogen-bond donors (Lipinski definition) is 0. The van der Waals surface area contributed by atoms with E-state index in [1.165, 1.54) is 24.3 Å². The Labute approximate surface area is 85.0 Å². The molecule has 75 valence electrons. The quantitative estimate of drug-likeness (QED) is 0.670. The Morgan fingerprint density at radius 2 is 1.67 bits per heavy atom. The molecule has 0 fully saturated rings. The molecule has 0 N–H and O–H groups in total. The topological polar surface area (TPSA) is 0 Å². The molecule has 0 aliphatic carbocycles. The molecule has 0 aliphatic rings. The molecule has 0 heterocycles. The summed E-state index contributed by atoms with van der Waals surface area (Å²) in [6.07, 6.45) is 0. The molecule has 0 aliphatic heterocycles. The van der Waals surface area contributed by atoms with Crippen LogP contribution in [0, 0.1) is 23.5 Å². The van der Waals surface area contributed by atoms with E-state index in [1.807, 2.05) is 0 Å². The van der Waals surface area contributed by atoms with Crippen molar-refractivity contribution in [2.75, 3.05) is 0 Å². The Hall–Kier alpha value is -1.77. The first-order chi connectivity index (χ1) is 7.20. The molecule has 0 unspecified atom stereocenters. The largest absolute Gasteiger partial charge is 0.206 e. The lowest BCUT2D eigenvalue weighted by atomic mass is 10.0. The summed E-state index contributed by atoms with van der Waals surface area (Å²) in [6.45, 7) is 0. The van der Waals surface area contributed by atoms with Crippen molar-refractivity contribution in [1.82, 2.24) is 0 Å². The third-order valence-electron chi connectivity index (χ3n) is 2.06. The lowest BCUT2D eigenvalue weighted by Gasteiger charge is -2.04. The van der Waals surface area contributed by atoms with Gasteiger partial charge in [0.25, 0.3) is 0 Å². The SMILES string of the molecule is Fc1c[c]ccc1-c1cccc(F)c1F. The van der Waals surface area contributed by atoms with Crippen LogP contribution in [0.25, 0.3) is 11.1 Å². The maximum atomic E-state index is 13.3. The van der Waals surface area contributed by atoms with Gasteiger partial charge in [0, 0.05) is 11.1 Å². The predicted octanol–water partition coefficient (Wildman–Crippen LogP) is 3.57. The minimum absolute atomic E-state index is 0.0331. The number of halogens is 3. The average molecular weight is 207 g/mol. The molecule has 0 saturated carbocycles. The molecular weight excluding hydrogens is 201 g/mol. The van der Waals surface area contributed by atoms with Crippen LogP contribution in [-0.2, 0) is 0 Å². The van der Waals surface area contributed by atoms with Gasteiger partial charge in [0.05, 0.1) is 0 Å². The van der Waals surface area contributed by atoms with Crippen molar-refractivity contribution in [3.8, 4) is 11.1 Å². The fourth-order valence-corrected chi connectivity index (χ4v) is 1.34. The van der Waals surface area contributed by atoms with Gasteiger partial charge in [0.1, 0.15) is 5.82 Å². The lowest BCUT2D eigenvalue weighted by molar-refractivity contribution is 0.510. The van der Waals surface area contributed by atoms with E-state index in [1.54, 1.807) is 0 Å². The molecule has 2 rings (SSSR count). The highest BCUT2D eigenvalue weighted by Gasteiger charge is 2.12. The monoisotopic (exact) mass is 207 g/mol. The van der Waals surface area contributed by atoms with Crippen molar-refractivity contribution >= 4 is 0 Å². The Morgan fingerprint density at radius 1 is 0.867 bits per heavy atom. The van der Waals surface area contributed by atoms with Gasteiger partial charge < -0.3 is 0 Å². The first-order valence-corrected chi connectivity index (χ1v) is 4.30. The molecule has 2 aromatic rings. The van der Waals surface area contributed by atoms with Crippen LogP contribution in [0.4, 0.5) is 13.2 Å². The average Bonchev–Trinajstić information content (AvgIpc) is 2.23. The molecule has 15 heavy (non-hydrogen) atoms. The van der Waals surface area contributed by atoms with Crippen molar-refractivity contribution in [3.05, 3.63) is 59.9 Å².